The molecule has 0 atom stereocenters. The largest absolute Gasteiger partial charge is 0.443 e. The van der Waals surface area contributed by atoms with Crippen molar-refractivity contribution in [2.45, 2.75) is 26.4 Å². The number of hydrogen-bond acceptors (Lipinski definition) is 3. The lowest BCUT2D eigenvalue weighted by molar-refractivity contribution is 0.0540. The first-order valence-electron chi connectivity index (χ1n) is 5.34. The van der Waals surface area contributed by atoms with Crippen molar-refractivity contribution in [1.29, 1.82) is 0 Å². The lowest BCUT2D eigenvalue weighted by Crippen LogP contribution is -2.27. The average molecular weight is 423 g/mol. The van der Waals surface area contributed by atoms with E-state index in [1.807, 2.05) is 26.8 Å². The van der Waals surface area contributed by atoms with Crippen LogP contribution in [0.4, 0.5) is 4.79 Å². The standard InChI is InChI=1S/C12H12BrIN2O2/c1-12(2,3)18-11(17)16-8-5-9(13)15-6-7(8)4-10(16)14/h4-6H,1-3H3. The Bertz CT molecular complexity index is 616. The van der Waals surface area contributed by atoms with Crippen LogP contribution in [-0.4, -0.2) is 21.2 Å². The van der Waals surface area contributed by atoms with Gasteiger partial charge in [0.2, 0.25) is 0 Å². The van der Waals surface area contributed by atoms with Crippen LogP contribution in [0.25, 0.3) is 10.9 Å². The highest BCUT2D eigenvalue weighted by molar-refractivity contribution is 14.1. The van der Waals surface area contributed by atoms with E-state index in [-0.39, 0.29) is 6.09 Å². The predicted molar refractivity (Wildman–Crippen MR) is 81.8 cm³/mol. The molecule has 0 radical (unpaired) electrons. The van der Waals surface area contributed by atoms with E-state index in [1.165, 1.54) is 0 Å². The molecule has 4 nitrogen and oxygen atoms in total. The van der Waals surface area contributed by atoms with Gasteiger partial charge in [0, 0.05) is 11.6 Å². The Labute approximate surface area is 127 Å². The van der Waals surface area contributed by atoms with E-state index >= 15 is 0 Å². The van der Waals surface area contributed by atoms with Gasteiger partial charge in [0.15, 0.2) is 0 Å². The molecule has 2 aromatic rings. The van der Waals surface area contributed by atoms with Gasteiger partial charge in [-0.1, -0.05) is 0 Å². The summed E-state index contributed by atoms with van der Waals surface area (Å²) in [5, 5.41) is 0.911. The third-order valence-corrected chi connectivity index (χ3v) is 3.41. The summed E-state index contributed by atoms with van der Waals surface area (Å²) in [6.45, 7) is 5.54. The second kappa shape index (κ2) is 4.80. The number of rotatable bonds is 0. The van der Waals surface area contributed by atoms with Crippen molar-refractivity contribution in [1.82, 2.24) is 9.55 Å². The number of carbonyl (C=O) groups excluding carboxylic acids is 1. The van der Waals surface area contributed by atoms with Crippen LogP contribution < -0.4 is 0 Å². The maximum absolute atomic E-state index is 12.2. The molecule has 0 amide bonds. The van der Waals surface area contributed by atoms with Gasteiger partial charge in [-0.05, 0) is 71.4 Å². The summed E-state index contributed by atoms with van der Waals surface area (Å²) in [5.74, 6) is 0. The molecule has 2 aromatic heterocycles. The van der Waals surface area contributed by atoms with Crippen LogP contribution in [0, 0.1) is 3.70 Å². The summed E-state index contributed by atoms with van der Waals surface area (Å²) < 4.78 is 8.44. The van der Waals surface area contributed by atoms with Crippen molar-refractivity contribution in [3.05, 3.63) is 26.6 Å². The van der Waals surface area contributed by atoms with Gasteiger partial charge >= 0.3 is 6.09 Å². The van der Waals surface area contributed by atoms with E-state index in [0.29, 0.717) is 4.60 Å². The molecular weight excluding hydrogens is 411 g/mol. The lowest BCUT2D eigenvalue weighted by Gasteiger charge is -2.20. The van der Waals surface area contributed by atoms with Crippen LogP contribution in [0.5, 0.6) is 0 Å². The fraction of sp³-hybridized carbons (Fsp3) is 0.333. The highest BCUT2D eigenvalue weighted by atomic mass is 127. The van der Waals surface area contributed by atoms with E-state index in [0.717, 1.165) is 14.6 Å². The fourth-order valence-corrected chi connectivity index (χ4v) is 2.65. The van der Waals surface area contributed by atoms with Gasteiger partial charge in [0.1, 0.15) is 10.2 Å². The van der Waals surface area contributed by atoms with Gasteiger partial charge in [-0.15, -0.1) is 0 Å². The van der Waals surface area contributed by atoms with Crippen molar-refractivity contribution < 1.29 is 9.53 Å². The molecule has 0 aliphatic heterocycles. The van der Waals surface area contributed by atoms with E-state index in [4.69, 9.17) is 4.74 Å². The van der Waals surface area contributed by atoms with Crippen molar-refractivity contribution in [3.8, 4) is 0 Å². The molecule has 0 saturated carbocycles. The molecule has 0 unspecified atom stereocenters. The molecule has 0 aliphatic rings. The van der Waals surface area contributed by atoms with Gasteiger partial charge in [-0.2, -0.15) is 0 Å². The highest BCUT2D eigenvalue weighted by Crippen LogP contribution is 2.24. The monoisotopic (exact) mass is 422 g/mol. The number of hydrogen-bond donors (Lipinski definition) is 0. The number of nitrogens with zero attached hydrogens (tertiary/aromatic N) is 2. The number of carbonyl (C=O) groups is 1. The zero-order chi connectivity index (χ0) is 13.5. The van der Waals surface area contributed by atoms with Crippen molar-refractivity contribution in [2.24, 2.45) is 0 Å². The lowest BCUT2D eigenvalue weighted by atomic mass is 10.2. The quantitative estimate of drug-likeness (QED) is 0.472. The van der Waals surface area contributed by atoms with E-state index < -0.39 is 5.60 Å². The molecule has 6 heteroatoms. The molecule has 0 saturated heterocycles. The summed E-state index contributed by atoms with van der Waals surface area (Å²) in [6, 6.07) is 3.71. The Kier molecular flexibility index (Phi) is 3.68. The topological polar surface area (TPSA) is 44.1 Å². The molecule has 2 rings (SSSR count). The number of fused-ring (bicyclic) bond motifs is 1. The first-order valence-corrected chi connectivity index (χ1v) is 7.21. The fourth-order valence-electron chi connectivity index (χ4n) is 1.54. The average Bonchev–Trinajstić information content (AvgIpc) is 2.50. The van der Waals surface area contributed by atoms with Crippen LogP contribution >= 0.6 is 38.5 Å². The predicted octanol–water partition coefficient (Wildman–Crippen LogP) is 4.19. The second-order valence-corrected chi connectivity index (χ2v) is 6.77. The Balaban J connectivity index is 2.53. The van der Waals surface area contributed by atoms with Crippen LogP contribution in [0.3, 0.4) is 0 Å². The van der Waals surface area contributed by atoms with Crippen LogP contribution in [-0.2, 0) is 4.74 Å². The van der Waals surface area contributed by atoms with Crippen LogP contribution in [0.15, 0.2) is 22.9 Å². The van der Waals surface area contributed by atoms with E-state index in [2.05, 4.69) is 43.5 Å². The van der Waals surface area contributed by atoms with Gasteiger partial charge in [-0.3, -0.25) is 0 Å². The van der Waals surface area contributed by atoms with Gasteiger partial charge < -0.3 is 4.74 Å². The number of pyridine rings is 1. The summed E-state index contributed by atoms with van der Waals surface area (Å²) in [7, 11) is 0. The first-order chi connectivity index (χ1) is 8.28. The van der Waals surface area contributed by atoms with E-state index in [9.17, 15) is 4.79 Å². The minimum atomic E-state index is -0.513. The maximum Gasteiger partial charge on any atom is 0.419 e. The molecule has 0 aromatic carbocycles. The van der Waals surface area contributed by atoms with Crippen LogP contribution in [0.1, 0.15) is 20.8 Å². The molecule has 96 valence electrons. The third kappa shape index (κ3) is 2.85. The molecule has 0 aliphatic carbocycles. The molecule has 0 N–H and O–H groups in total. The summed E-state index contributed by atoms with van der Waals surface area (Å²) >= 11 is 5.42. The van der Waals surface area contributed by atoms with Crippen molar-refractivity contribution >= 4 is 55.5 Å². The second-order valence-electron chi connectivity index (χ2n) is 4.85. The van der Waals surface area contributed by atoms with Crippen molar-refractivity contribution in [2.75, 3.05) is 0 Å². The van der Waals surface area contributed by atoms with Crippen LogP contribution in [0.2, 0.25) is 0 Å². The Morgan fingerprint density at radius 3 is 2.72 bits per heavy atom. The van der Waals surface area contributed by atoms with Crippen molar-refractivity contribution in [3.63, 3.8) is 0 Å². The smallest absolute Gasteiger partial charge is 0.419 e. The summed E-state index contributed by atoms with van der Waals surface area (Å²) in [6.07, 6.45) is 1.35. The van der Waals surface area contributed by atoms with Gasteiger partial charge in [0.05, 0.1) is 9.22 Å². The zero-order valence-electron chi connectivity index (χ0n) is 10.2. The third-order valence-electron chi connectivity index (χ3n) is 2.18. The Morgan fingerprint density at radius 2 is 2.11 bits per heavy atom. The highest BCUT2D eigenvalue weighted by Gasteiger charge is 2.21. The summed E-state index contributed by atoms with van der Waals surface area (Å²) in [5.41, 5.74) is 0.275. The molecule has 18 heavy (non-hydrogen) atoms. The normalized spacial score (nSPS) is 11.8. The SMILES string of the molecule is CC(C)(C)OC(=O)n1c(I)cc2cnc(Br)cc21. The molecule has 0 fully saturated rings. The molecule has 2 heterocycles. The number of halogens is 2. The molecule has 0 spiro atoms. The first kappa shape index (κ1) is 13.8. The van der Waals surface area contributed by atoms with E-state index in [1.54, 1.807) is 16.8 Å². The Morgan fingerprint density at radius 1 is 1.44 bits per heavy atom. The maximum atomic E-state index is 12.2. The molecular formula is C12H12BrIN2O2. The Hall–Kier alpha value is -0.630. The van der Waals surface area contributed by atoms with Gasteiger partial charge in [-0.25, -0.2) is 14.3 Å². The summed E-state index contributed by atoms with van der Waals surface area (Å²) in [4.78, 5) is 16.3. The van der Waals surface area contributed by atoms with Gasteiger partial charge in [0.25, 0.3) is 0 Å². The number of ether oxygens (including phenoxy) is 1. The number of aromatic nitrogens is 2. The zero-order valence-corrected chi connectivity index (χ0v) is 13.9. The minimum absolute atomic E-state index is 0.375. The molecule has 0 bridgehead atoms. The minimum Gasteiger partial charge on any atom is -0.443 e.